The number of anilines is 1. The molecule has 1 unspecified atom stereocenters. The van der Waals surface area contributed by atoms with Crippen molar-refractivity contribution in [2.24, 2.45) is 5.92 Å². The number of piperazine rings is 1. The number of aliphatic hydroxyl groups is 1. The number of hydrogen-bond donors (Lipinski definition) is 1. The van der Waals surface area contributed by atoms with E-state index in [9.17, 15) is 14.7 Å². The van der Waals surface area contributed by atoms with Gasteiger partial charge in [-0.25, -0.2) is 4.79 Å². The minimum absolute atomic E-state index is 0.0158. The van der Waals surface area contributed by atoms with Gasteiger partial charge in [-0.05, 0) is 89.6 Å². The molecule has 0 saturated carbocycles. The Hall–Kier alpha value is -2.32. The number of ether oxygens (including phenoxy) is 1. The fourth-order valence-electron chi connectivity index (χ4n) is 5.46. The van der Waals surface area contributed by atoms with Crippen LogP contribution in [0.1, 0.15) is 63.2 Å². The molecular formula is C28H44N4O4. The van der Waals surface area contributed by atoms with Crippen LogP contribution < -0.4 is 4.90 Å². The lowest BCUT2D eigenvalue weighted by Crippen LogP contribution is -2.47. The number of nitrogens with zero attached hydrogens (tertiary/aromatic N) is 4. The first-order valence-corrected chi connectivity index (χ1v) is 13.7. The van der Waals surface area contributed by atoms with Gasteiger partial charge in [0.2, 0.25) is 0 Å². The van der Waals surface area contributed by atoms with Gasteiger partial charge in [0, 0.05) is 63.6 Å². The zero-order chi connectivity index (χ0) is 25.7. The second kappa shape index (κ2) is 11.8. The molecule has 3 heterocycles. The molecule has 0 spiro atoms. The van der Waals surface area contributed by atoms with Crippen molar-refractivity contribution in [1.82, 2.24) is 14.7 Å². The van der Waals surface area contributed by atoms with Gasteiger partial charge in [-0.1, -0.05) is 0 Å². The molecule has 2 amide bonds. The van der Waals surface area contributed by atoms with E-state index in [4.69, 9.17) is 4.74 Å². The zero-order valence-electron chi connectivity index (χ0n) is 22.3. The number of aliphatic hydroxyl groups excluding tert-OH is 1. The summed E-state index contributed by atoms with van der Waals surface area (Å²) in [5.74, 6) is 0.690. The van der Waals surface area contributed by atoms with Crippen LogP contribution in [0.5, 0.6) is 0 Å². The first kappa shape index (κ1) is 26.7. The summed E-state index contributed by atoms with van der Waals surface area (Å²) in [5, 5.41) is 9.86. The van der Waals surface area contributed by atoms with E-state index in [1.807, 2.05) is 37.8 Å². The Bertz CT molecular complexity index is 869. The predicted molar refractivity (Wildman–Crippen MR) is 141 cm³/mol. The summed E-state index contributed by atoms with van der Waals surface area (Å²) in [6, 6.07) is 7.97. The number of amides is 2. The number of benzene rings is 1. The second-order valence-corrected chi connectivity index (χ2v) is 11.6. The molecule has 0 radical (unpaired) electrons. The summed E-state index contributed by atoms with van der Waals surface area (Å²) < 4.78 is 5.51. The van der Waals surface area contributed by atoms with Crippen LogP contribution in [0.4, 0.5) is 10.5 Å². The van der Waals surface area contributed by atoms with Gasteiger partial charge in [-0.3, -0.25) is 9.69 Å². The third-order valence-electron chi connectivity index (χ3n) is 7.66. The molecule has 200 valence electrons. The normalized spacial score (nSPS) is 22.6. The largest absolute Gasteiger partial charge is 0.444 e. The van der Waals surface area contributed by atoms with E-state index >= 15 is 0 Å². The number of hydrogen-bond acceptors (Lipinski definition) is 6. The molecule has 1 aromatic rings. The number of piperidine rings is 2. The minimum Gasteiger partial charge on any atom is -0.444 e. The van der Waals surface area contributed by atoms with Gasteiger partial charge >= 0.3 is 6.09 Å². The number of carbonyl (C=O) groups excluding carboxylic acids is 2. The molecule has 1 atom stereocenters. The molecular weight excluding hydrogens is 456 g/mol. The first-order valence-electron chi connectivity index (χ1n) is 13.7. The summed E-state index contributed by atoms with van der Waals surface area (Å²) in [6.07, 6.45) is 4.36. The van der Waals surface area contributed by atoms with Gasteiger partial charge in [0.05, 0.1) is 6.10 Å². The molecule has 3 fully saturated rings. The van der Waals surface area contributed by atoms with E-state index in [0.717, 1.165) is 78.0 Å². The topological polar surface area (TPSA) is 76.6 Å². The van der Waals surface area contributed by atoms with E-state index in [1.165, 1.54) is 12.1 Å². The summed E-state index contributed by atoms with van der Waals surface area (Å²) in [4.78, 5) is 33.6. The smallest absolute Gasteiger partial charge is 0.410 e. The van der Waals surface area contributed by atoms with Crippen molar-refractivity contribution in [3.05, 3.63) is 29.8 Å². The second-order valence-electron chi connectivity index (χ2n) is 11.6. The average Bonchev–Trinajstić information content (AvgIpc) is 2.87. The molecule has 1 aromatic carbocycles. The van der Waals surface area contributed by atoms with E-state index in [1.54, 1.807) is 4.90 Å². The molecule has 0 aliphatic carbocycles. The number of β-amino-alcohol motifs (C(OH)–C–C–N with tert-alkyl or cyclic N) is 1. The Kier molecular flexibility index (Phi) is 8.78. The Balaban J connectivity index is 1.16. The van der Waals surface area contributed by atoms with Crippen molar-refractivity contribution in [1.29, 1.82) is 0 Å². The van der Waals surface area contributed by atoms with E-state index in [2.05, 4.69) is 21.9 Å². The Morgan fingerprint density at radius 1 is 0.917 bits per heavy atom. The summed E-state index contributed by atoms with van der Waals surface area (Å²) >= 11 is 0. The van der Waals surface area contributed by atoms with Crippen molar-refractivity contribution < 1.29 is 19.4 Å². The molecule has 0 aromatic heterocycles. The summed E-state index contributed by atoms with van der Waals surface area (Å²) in [6.45, 7) is 13.7. The summed E-state index contributed by atoms with van der Waals surface area (Å²) in [7, 11) is 0. The van der Waals surface area contributed by atoms with Crippen molar-refractivity contribution in [3.8, 4) is 0 Å². The number of rotatable bonds is 5. The average molecular weight is 501 g/mol. The van der Waals surface area contributed by atoms with Crippen molar-refractivity contribution >= 4 is 17.7 Å². The maximum Gasteiger partial charge on any atom is 0.410 e. The molecule has 4 rings (SSSR count). The van der Waals surface area contributed by atoms with E-state index in [-0.39, 0.29) is 12.0 Å². The van der Waals surface area contributed by atoms with Gasteiger partial charge < -0.3 is 24.5 Å². The standard InChI is InChI=1S/C28H44N4O4/c1-28(2,3)36-27(35)31-15-11-22(12-16-31)10-14-29-17-19-30(20-18-29)24-8-6-23(7-9-24)26(34)32-13-4-5-25(33)21-32/h6-9,22,25,33H,4-5,10-21H2,1-3H3. The Morgan fingerprint density at radius 2 is 1.58 bits per heavy atom. The molecule has 36 heavy (non-hydrogen) atoms. The molecule has 3 aliphatic heterocycles. The number of likely N-dealkylation sites (tertiary alicyclic amines) is 2. The highest BCUT2D eigenvalue weighted by atomic mass is 16.6. The zero-order valence-corrected chi connectivity index (χ0v) is 22.3. The van der Waals surface area contributed by atoms with Crippen molar-refractivity contribution in [3.63, 3.8) is 0 Å². The SMILES string of the molecule is CC(C)(C)OC(=O)N1CCC(CCN2CCN(c3ccc(C(=O)N4CCCC(O)C4)cc3)CC2)CC1. The van der Waals surface area contributed by atoms with Crippen LogP contribution in [0.3, 0.4) is 0 Å². The fourth-order valence-corrected chi connectivity index (χ4v) is 5.46. The molecule has 3 saturated heterocycles. The third kappa shape index (κ3) is 7.35. The van der Waals surface area contributed by atoms with E-state index in [0.29, 0.717) is 18.0 Å². The Labute approximate surface area is 216 Å². The van der Waals surface area contributed by atoms with Gasteiger partial charge in [0.25, 0.3) is 5.91 Å². The molecule has 3 aliphatic rings. The molecule has 8 heteroatoms. The van der Waals surface area contributed by atoms with Gasteiger partial charge in [0.1, 0.15) is 5.60 Å². The number of carbonyl (C=O) groups is 2. The Morgan fingerprint density at radius 3 is 2.19 bits per heavy atom. The lowest BCUT2D eigenvalue weighted by molar-refractivity contribution is 0.0177. The van der Waals surface area contributed by atoms with Crippen LogP contribution in [0.25, 0.3) is 0 Å². The third-order valence-corrected chi connectivity index (χ3v) is 7.66. The maximum atomic E-state index is 12.8. The highest BCUT2D eigenvalue weighted by molar-refractivity contribution is 5.94. The monoisotopic (exact) mass is 500 g/mol. The van der Waals surface area contributed by atoms with Gasteiger partial charge in [-0.15, -0.1) is 0 Å². The van der Waals surface area contributed by atoms with Crippen LogP contribution in [0.2, 0.25) is 0 Å². The summed E-state index contributed by atoms with van der Waals surface area (Å²) in [5.41, 5.74) is 1.43. The molecule has 1 N–H and O–H groups in total. The van der Waals surface area contributed by atoms with Gasteiger partial charge in [0.15, 0.2) is 0 Å². The van der Waals surface area contributed by atoms with Crippen LogP contribution in [0.15, 0.2) is 24.3 Å². The first-order chi connectivity index (χ1) is 17.2. The van der Waals surface area contributed by atoms with Crippen LogP contribution in [0, 0.1) is 5.92 Å². The highest BCUT2D eigenvalue weighted by Gasteiger charge is 2.28. The van der Waals surface area contributed by atoms with Crippen LogP contribution in [-0.2, 0) is 4.74 Å². The maximum absolute atomic E-state index is 12.8. The van der Waals surface area contributed by atoms with Gasteiger partial charge in [-0.2, -0.15) is 0 Å². The molecule has 8 nitrogen and oxygen atoms in total. The van der Waals surface area contributed by atoms with Crippen LogP contribution in [-0.4, -0.2) is 102 Å². The lowest BCUT2D eigenvalue weighted by atomic mass is 9.93. The lowest BCUT2D eigenvalue weighted by Gasteiger charge is -2.38. The van der Waals surface area contributed by atoms with Crippen molar-refractivity contribution in [2.45, 2.75) is 64.6 Å². The quantitative estimate of drug-likeness (QED) is 0.668. The fraction of sp³-hybridized carbons (Fsp3) is 0.714. The van der Waals surface area contributed by atoms with Crippen molar-refractivity contribution in [2.75, 3.05) is 63.8 Å². The predicted octanol–water partition coefficient (Wildman–Crippen LogP) is 3.44. The minimum atomic E-state index is -0.437. The van der Waals surface area contributed by atoms with E-state index < -0.39 is 11.7 Å². The molecule has 0 bridgehead atoms. The van der Waals surface area contributed by atoms with Crippen LogP contribution >= 0.6 is 0 Å². The highest BCUT2D eigenvalue weighted by Crippen LogP contribution is 2.24.